The van der Waals surface area contributed by atoms with Crippen molar-refractivity contribution in [2.45, 2.75) is 12.3 Å². The first-order chi connectivity index (χ1) is 15.6. The molecular formula is C25H19NO6. The number of benzene rings is 2. The van der Waals surface area contributed by atoms with E-state index < -0.39 is 0 Å². The van der Waals surface area contributed by atoms with Gasteiger partial charge in [0.1, 0.15) is 11.5 Å². The van der Waals surface area contributed by atoms with Gasteiger partial charge in [0.05, 0.1) is 26.2 Å². The lowest BCUT2D eigenvalue weighted by Gasteiger charge is -2.26. The molecule has 0 spiro atoms. The van der Waals surface area contributed by atoms with Crippen LogP contribution in [0.5, 0.6) is 23.0 Å². The second kappa shape index (κ2) is 7.85. The number of fused-ring (bicyclic) bond motifs is 3. The van der Waals surface area contributed by atoms with Crippen molar-refractivity contribution in [3.05, 3.63) is 82.9 Å². The average molecular weight is 429 g/mol. The third-order valence-corrected chi connectivity index (χ3v) is 5.59. The Morgan fingerprint density at radius 2 is 1.91 bits per heavy atom. The van der Waals surface area contributed by atoms with Gasteiger partial charge in [0.2, 0.25) is 5.78 Å². The number of nitrogens with zero attached hydrogens (tertiary/aromatic N) is 1. The van der Waals surface area contributed by atoms with Gasteiger partial charge in [-0.25, -0.2) is 0 Å². The summed E-state index contributed by atoms with van der Waals surface area (Å²) in [6.45, 7) is 0. The molecule has 2 aliphatic rings. The van der Waals surface area contributed by atoms with Gasteiger partial charge in [0.15, 0.2) is 17.3 Å². The van der Waals surface area contributed by atoms with Gasteiger partial charge in [0, 0.05) is 29.4 Å². The van der Waals surface area contributed by atoms with Crippen molar-refractivity contribution in [2.24, 2.45) is 0 Å². The van der Waals surface area contributed by atoms with Gasteiger partial charge in [0.25, 0.3) is 0 Å². The molecule has 2 aromatic carbocycles. The maximum atomic E-state index is 13.2. The molecule has 0 N–H and O–H groups in total. The van der Waals surface area contributed by atoms with Crippen LogP contribution in [0.1, 0.15) is 39.4 Å². The summed E-state index contributed by atoms with van der Waals surface area (Å²) in [4.78, 5) is 29.6. The topological polar surface area (TPSA) is 84.0 Å². The number of pyridine rings is 1. The first-order valence-corrected chi connectivity index (χ1v) is 10.0. The summed E-state index contributed by atoms with van der Waals surface area (Å²) in [5.41, 5.74) is 2.59. The molecule has 0 aliphatic carbocycles. The van der Waals surface area contributed by atoms with Crippen LogP contribution in [0.2, 0.25) is 0 Å². The molecule has 1 atom stereocenters. The average Bonchev–Trinajstić information content (AvgIpc) is 3.14. The minimum absolute atomic E-state index is 0.134. The third kappa shape index (κ3) is 3.19. The molecule has 3 heterocycles. The van der Waals surface area contributed by atoms with Crippen LogP contribution in [0.3, 0.4) is 0 Å². The number of Topliss-reactive ketones (excluding diaryl/α,β-unsaturated/α-hetero) is 1. The van der Waals surface area contributed by atoms with Gasteiger partial charge < -0.3 is 18.9 Å². The van der Waals surface area contributed by atoms with Gasteiger partial charge in [-0.05, 0) is 35.9 Å². The van der Waals surface area contributed by atoms with Crippen LogP contribution in [-0.2, 0) is 4.79 Å². The minimum Gasteiger partial charge on any atom is -0.493 e. The summed E-state index contributed by atoms with van der Waals surface area (Å²) in [6, 6.07) is 12.4. The number of carbonyl (C=O) groups is 2. The fraction of sp³-hybridized carbons (Fsp3) is 0.160. The molecule has 160 valence electrons. The summed E-state index contributed by atoms with van der Waals surface area (Å²) in [5, 5.41) is 0. The second-order valence-electron chi connectivity index (χ2n) is 7.39. The normalized spacial score (nSPS) is 17.9. The molecule has 0 amide bonds. The van der Waals surface area contributed by atoms with E-state index in [0.717, 1.165) is 5.56 Å². The molecule has 1 aromatic heterocycles. The molecule has 0 unspecified atom stereocenters. The highest BCUT2D eigenvalue weighted by molar-refractivity contribution is 6.15. The Labute approximate surface area is 184 Å². The van der Waals surface area contributed by atoms with Gasteiger partial charge >= 0.3 is 5.97 Å². The highest BCUT2D eigenvalue weighted by atomic mass is 16.5. The number of para-hydroxylation sites is 1. The fourth-order valence-corrected chi connectivity index (χ4v) is 4.14. The van der Waals surface area contributed by atoms with Crippen LogP contribution in [0.4, 0.5) is 0 Å². The number of hydrogen-bond acceptors (Lipinski definition) is 7. The van der Waals surface area contributed by atoms with Crippen molar-refractivity contribution in [3.8, 4) is 23.0 Å². The van der Waals surface area contributed by atoms with E-state index in [2.05, 4.69) is 4.98 Å². The highest BCUT2D eigenvalue weighted by Gasteiger charge is 2.38. The van der Waals surface area contributed by atoms with E-state index in [4.69, 9.17) is 18.9 Å². The minimum atomic E-state index is -0.340. The Bertz CT molecular complexity index is 1260. The number of aromatic nitrogens is 1. The van der Waals surface area contributed by atoms with Crippen LogP contribution in [0.15, 0.2) is 60.6 Å². The van der Waals surface area contributed by atoms with Crippen molar-refractivity contribution in [3.63, 3.8) is 0 Å². The van der Waals surface area contributed by atoms with Gasteiger partial charge in [-0.2, -0.15) is 0 Å². The molecule has 0 radical (unpaired) electrons. The lowest BCUT2D eigenvalue weighted by molar-refractivity contribution is -0.135. The molecule has 0 saturated heterocycles. The van der Waals surface area contributed by atoms with E-state index in [1.807, 2.05) is 18.2 Å². The van der Waals surface area contributed by atoms with Crippen LogP contribution < -0.4 is 18.9 Å². The zero-order chi connectivity index (χ0) is 22.2. The standard InChI is InChI=1S/C25H19NO6/c1-29-19-7-3-5-14(24(19)30-2)11-20-23(28)16-8-9-18-22(25(16)32-20)17(12-21(27)31-18)15-6-4-10-26-13-15/h3-11,13,17H,12H2,1-2H3/b20-11-/t17-/m0/s1. The smallest absolute Gasteiger partial charge is 0.312 e. The summed E-state index contributed by atoms with van der Waals surface area (Å²) in [7, 11) is 3.09. The maximum Gasteiger partial charge on any atom is 0.312 e. The van der Waals surface area contributed by atoms with Crippen LogP contribution >= 0.6 is 0 Å². The third-order valence-electron chi connectivity index (χ3n) is 5.59. The monoisotopic (exact) mass is 429 g/mol. The van der Waals surface area contributed by atoms with E-state index in [9.17, 15) is 9.59 Å². The molecule has 0 fully saturated rings. The molecule has 3 aromatic rings. The molecule has 7 nitrogen and oxygen atoms in total. The van der Waals surface area contributed by atoms with Crippen LogP contribution in [0.25, 0.3) is 6.08 Å². The Hall–Kier alpha value is -4.13. The maximum absolute atomic E-state index is 13.2. The van der Waals surface area contributed by atoms with E-state index in [-0.39, 0.29) is 29.9 Å². The number of allylic oxidation sites excluding steroid dienone is 1. The Morgan fingerprint density at radius 3 is 2.66 bits per heavy atom. The fourth-order valence-electron chi connectivity index (χ4n) is 4.14. The molecular weight excluding hydrogens is 410 g/mol. The number of ether oxygens (including phenoxy) is 4. The van der Waals surface area contributed by atoms with Crippen molar-refractivity contribution in [1.82, 2.24) is 4.98 Å². The SMILES string of the molecule is COc1cccc(/C=C2\Oc3c(ccc4c3[C@H](c3cccnc3)CC(=O)O4)C2=O)c1OC. The molecule has 0 saturated carbocycles. The Morgan fingerprint density at radius 1 is 1.03 bits per heavy atom. The molecule has 5 rings (SSSR count). The number of esters is 1. The zero-order valence-corrected chi connectivity index (χ0v) is 17.5. The van der Waals surface area contributed by atoms with Gasteiger partial charge in [-0.15, -0.1) is 0 Å². The summed E-state index contributed by atoms with van der Waals surface area (Å²) in [6.07, 6.45) is 5.14. The lowest BCUT2D eigenvalue weighted by atomic mass is 9.85. The van der Waals surface area contributed by atoms with Crippen LogP contribution in [0, 0.1) is 0 Å². The van der Waals surface area contributed by atoms with E-state index >= 15 is 0 Å². The number of ketones is 1. The largest absolute Gasteiger partial charge is 0.493 e. The number of rotatable bonds is 4. The number of methoxy groups -OCH3 is 2. The first kappa shape index (κ1) is 19.8. The predicted octanol–water partition coefficient (Wildman–Crippen LogP) is 4.16. The number of carbonyl (C=O) groups excluding carboxylic acids is 2. The van der Waals surface area contributed by atoms with Gasteiger partial charge in [-0.1, -0.05) is 18.2 Å². The van der Waals surface area contributed by atoms with E-state index in [0.29, 0.717) is 39.7 Å². The molecule has 7 heteroatoms. The lowest BCUT2D eigenvalue weighted by Crippen LogP contribution is -2.21. The molecule has 0 bridgehead atoms. The summed E-state index contributed by atoms with van der Waals surface area (Å²) in [5.74, 6) is 1.07. The van der Waals surface area contributed by atoms with Crippen molar-refractivity contribution < 1.29 is 28.5 Å². The molecule has 32 heavy (non-hydrogen) atoms. The van der Waals surface area contributed by atoms with Crippen LogP contribution in [-0.4, -0.2) is 31.0 Å². The summed E-state index contributed by atoms with van der Waals surface area (Å²) < 4.78 is 22.4. The Balaban J connectivity index is 1.61. The van der Waals surface area contributed by atoms with E-state index in [1.165, 1.54) is 7.11 Å². The number of hydrogen-bond donors (Lipinski definition) is 0. The first-order valence-electron chi connectivity index (χ1n) is 10.0. The van der Waals surface area contributed by atoms with Crippen molar-refractivity contribution in [1.29, 1.82) is 0 Å². The quantitative estimate of drug-likeness (QED) is 0.350. The second-order valence-corrected chi connectivity index (χ2v) is 7.39. The molecule has 2 aliphatic heterocycles. The zero-order valence-electron chi connectivity index (χ0n) is 17.5. The van der Waals surface area contributed by atoms with Gasteiger partial charge in [-0.3, -0.25) is 14.6 Å². The highest BCUT2D eigenvalue weighted by Crippen LogP contribution is 2.49. The van der Waals surface area contributed by atoms with Crippen molar-refractivity contribution >= 4 is 17.8 Å². The Kier molecular flexibility index (Phi) is 4.86. The van der Waals surface area contributed by atoms with Crippen molar-refractivity contribution in [2.75, 3.05) is 14.2 Å². The summed E-state index contributed by atoms with van der Waals surface area (Å²) >= 11 is 0. The van der Waals surface area contributed by atoms with E-state index in [1.54, 1.807) is 49.8 Å². The predicted molar refractivity (Wildman–Crippen MR) is 115 cm³/mol.